The van der Waals surface area contributed by atoms with E-state index in [0.717, 1.165) is 17.8 Å². The van der Waals surface area contributed by atoms with Crippen LogP contribution in [0.1, 0.15) is 19.8 Å². The molecular formula is C11H14BrNO4S3. The number of rotatable bonds is 5. The van der Waals surface area contributed by atoms with Crippen LogP contribution in [0.4, 0.5) is 0 Å². The van der Waals surface area contributed by atoms with Crippen LogP contribution in [-0.2, 0) is 14.8 Å². The highest BCUT2D eigenvalue weighted by Gasteiger charge is 2.46. The molecule has 9 heteroatoms. The maximum Gasteiger partial charge on any atom is 0.322 e. The molecule has 0 radical (unpaired) electrons. The summed E-state index contributed by atoms with van der Waals surface area (Å²) < 4.78 is 27.3. The van der Waals surface area contributed by atoms with Gasteiger partial charge in [-0.05, 0) is 33.8 Å². The molecule has 2 rings (SSSR count). The standard InChI is InChI=1S/C11H14BrNO4S3/c1-2-3-9-13(8(6-19-9)10(14)15)20(16,17)11-7(12)4-5-18-11/h4-5,8-9H,2-3,6H2,1H3,(H,14,15). The number of halogens is 1. The van der Waals surface area contributed by atoms with Crippen LogP contribution in [0.5, 0.6) is 0 Å². The van der Waals surface area contributed by atoms with Gasteiger partial charge >= 0.3 is 5.97 Å². The number of aliphatic carboxylic acids is 1. The Hall–Kier alpha value is -0.0900. The van der Waals surface area contributed by atoms with E-state index in [9.17, 15) is 18.3 Å². The van der Waals surface area contributed by atoms with Gasteiger partial charge in [0.2, 0.25) is 0 Å². The molecule has 0 aliphatic carbocycles. The highest BCUT2D eigenvalue weighted by Crippen LogP contribution is 2.40. The molecule has 1 aliphatic heterocycles. The molecule has 1 aromatic rings. The predicted octanol–water partition coefficient (Wildman–Crippen LogP) is 2.83. The Bertz CT molecular complexity index is 601. The van der Waals surface area contributed by atoms with Gasteiger partial charge in [0.05, 0.1) is 5.37 Å². The van der Waals surface area contributed by atoms with Crippen molar-refractivity contribution < 1.29 is 18.3 Å². The second kappa shape index (κ2) is 6.35. The number of thioether (sulfide) groups is 1. The minimum atomic E-state index is -3.79. The SMILES string of the molecule is CCCC1SCC(C(=O)O)N1S(=O)(=O)c1sccc1Br. The number of carboxylic acid groups (broad SMARTS) is 1. The second-order valence-electron chi connectivity index (χ2n) is 4.32. The quantitative estimate of drug-likeness (QED) is 0.823. The predicted molar refractivity (Wildman–Crippen MR) is 83.6 cm³/mol. The van der Waals surface area contributed by atoms with Crippen molar-refractivity contribution >= 4 is 55.0 Å². The number of carboxylic acids is 1. The van der Waals surface area contributed by atoms with Crippen molar-refractivity contribution in [3.05, 3.63) is 15.9 Å². The van der Waals surface area contributed by atoms with Crippen LogP contribution < -0.4 is 0 Å². The van der Waals surface area contributed by atoms with E-state index in [4.69, 9.17) is 0 Å². The third kappa shape index (κ3) is 2.92. The summed E-state index contributed by atoms with van der Waals surface area (Å²) in [5.41, 5.74) is 0. The summed E-state index contributed by atoms with van der Waals surface area (Å²) in [6, 6.07) is 0.668. The first kappa shape index (κ1) is 16.3. The molecule has 20 heavy (non-hydrogen) atoms. The van der Waals surface area contributed by atoms with Crippen LogP contribution in [0, 0.1) is 0 Å². The zero-order chi connectivity index (χ0) is 14.9. The number of thiophene rings is 1. The Morgan fingerprint density at radius 2 is 2.30 bits per heavy atom. The molecule has 1 aromatic heterocycles. The third-order valence-electron chi connectivity index (χ3n) is 2.95. The highest BCUT2D eigenvalue weighted by molar-refractivity contribution is 9.10. The number of hydrogen-bond donors (Lipinski definition) is 1. The van der Waals surface area contributed by atoms with E-state index in [0.29, 0.717) is 16.6 Å². The van der Waals surface area contributed by atoms with Gasteiger partial charge < -0.3 is 5.11 Å². The Labute approximate surface area is 134 Å². The van der Waals surface area contributed by atoms with Gasteiger partial charge in [-0.2, -0.15) is 4.31 Å². The number of hydrogen-bond acceptors (Lipinski definition) is 5. The third-order valence-corrected chi connectivity index (χ3v) is 9.01. The van der Waals surface area contributed by atoms with Crippen molar-refractivity contribution in [1.82, 2.24) is 4.31 Å². The molecule has 1 N–H and O–H groups in total. The summed E-state index contributed by atoms with van der Waals surface area (Å²) in [4.78, 5) is 11.3. The molecule has 1 aliphatic rings. The first-order chi connectivity index (χ1) is 9.39. The molecule has 5 nitrogen and oxygen atoms in total. The largest absolute Gasteiger partial charge is 0.480 e. The van der Waals surface area contributed by atoms with Gasteiger partial charge in [-0.25, -0.2) is 8.42 Å². The molecule has 1 fully saturated rings. The molecule has 2 heterocycles. The van der Waals surface area contributed by atoms with Gasteiger partial charge in [-0.1, -0.05) is 13.3 Å². The summed E-state index contributed by atoms with van der Waals surface area (Å²) in [5, 5.41) is 10.6. The van der Waals surface area contributed by atoms with E-state index >= 15 is 0 Å². The monoisotopic (exact) mass is 399 g/mol. The number of nitrogens with zero attached hydrogens (tertiary/aromatic N) is 1. The number of carbonyl (C=O) groups is 1. The fourth-order valence-corrected chi connectivity index (χ4v) is 8.13. The van der Waals surface area contributed by atoms with E-state index in [1.54, 1.807) is 11.4 Å². The van der Waals surface area contributed by atoms with Crippen LogP contribution in [0.25, 0.3) is 0 Å². The second-order valence-corrected chi connectivity index (χ2v) is 9.34. The molecule has 0 aromatic carbocycles. The molecule has 2 unspecified atom stereocenters. The van der Waals surface area contributed by atoms with Crippen LogP contribution in [0.15, 0.2) is 20.1 Å². The van der Waals surface area contributed by atoms with E-state index in [2.05, 4.69) is 15.9 Å². The molecular weight excluding hydrogens is 386 g/mol. The normalized spacial score (nSPS) is 24.1. The summed E-state index contributed by atoms with van der Waals surface area (Å²) in [5.74, 6) is -0.797. The first-order valence-corrected chi connectivity index (χ1v) is 10.2. The van der Waals surface area contributed by atoms with Gasteiger partial charge in [-0.15, -0.1) is 23.1 Å². The van der Waals surface area contributed by atoms with Crippen molar-refractivity contribution in [2.45, 2.75) is 35.4 Å². The minimum absolute atomic E-state index is 0.173. The van der Waals surface area contributed by atoms with E-state index < -0.39 is 22.0 Å². The molecule has 0 saturated carbocycles. The van der Waals surface area contributed by atoms with Crippen molar-refractivity contribution in [1.29, 1.82) is 0 Å². The van der Waals surface area contributed by atoms with Crippen molar-refractivity contribution in [2.24, 2.45) is 0 Å². The lowest BCUT2D eigenvalue weighted by molar-refractivity contribution is -0.140. The summed E-state index contributed by atoms with van der Waals surface area (Å²) in [6.07, 6.45) is 1.46. The summed E-state index contributed by atoms with van der Waals surface area (Å²) in [7, 11) is -3.79. The minimum Gasteiger partial charge on any atom is -0.480 e. The van der Waals surface area contributed by atoms with Crippen LogP contribution >= 0.6 is 39.0 Å². The maximum atomic E-state index is 12.7. The average Bonchev–Trinajstić information content (AvgIpc) is 2.96. The van der Waals surface area contributed by atoms with E-state index in [1.165, 1.54) is 16.1 Å². The Morgan fingerprint density at radius 3 is 2.80 bits per heavy atom. The Kier molecular flexibility index (Phi) is 5.17. The van der Waals surface area contributed by atoms with Gasteiger partial charge in [0.15, 0.2) is 0 Å². The molecule has 112 valence electrons. The Morgan fingerprint density at radius 1 is 1.60 bits per heavy atom. The molecule has 0 bridgehead atoms. The molecule has 2 atom stereocenters. The number of sulfonamides is 1. The van der Waals surface area contributed by atoms with Gasteiger partial charge in [-0.3, -0.25) is 4.79 Å². The van der Waals surface area contributed by atoms with Crippen LogP contribution in [0.3, 0.4) is 0 Å². The first-order valence-electron chi connectivity index (χ1n) is 6.00. The molecule has 0 amide bonds. The van der Waals surface area contributed by atoms with E-state index in [1.807, 2.05) is 6.92 Å². The molecule has 1 saturated heterocycles. The van der Waals surface area contributed by atoms with Crippen molar-refractivity contribution in [2.75, 3.05) is 5.75 Å². The highest BCUT2D eigenvalue weighted by atomic mass is 79.9. The zero-order valence-electron chi connectivity index (χ0n) is 10.7. The van der Waals surface area contributed by atoms with Crippen molar-refractivity contribution in [3.63, 3.8) is 0 Å². The maximum absolute atomic E-state index is 12.7. The fraction of sp³-hybridized carbons (Fsp3) is 0.545. The lowest BCUT2D eigenvalue weighted by Crippen LogP contribution is -2.45. The molecule has 0 spiro atoms. The van der Waals surface area contributed by atoms with Gasteiger partial charge in [0.1, 0.15) is 10.3 Å². The van der Waals surface area contributed by atoms with Gasteiger partial charge in [0.25, 0.3) is 10.0 Å². The van der Waals surface area contributed by atoms with Gasteiger partial charge in [0, 0.05) is 10.2 Å². The topological polar surface area (TPSA) is 74.7 Å². The smallest absolute Gasteiger partial charge is 0.322 e. The van der Waals surface area contributed by atoms with Crippen molar-refractivity contribution in [3.8, 4) is 0 Å². The van der Waals surface area contributed by atoms with Crippen LogP contribution in [-0.4, -0.2) is 41.0 Å². The fourth-order valence-electron chi connectivity index (χ4n) is 2.07. The van der Waals surface area contributed by atoms with E-state index in [-0.39, 0.29) is 9.58 Å². The van der Waals surface area contributed by atoms with Crippen LogP contribution in [0.2, 0.25) is 0 Å². The lowest BCUT2D eigenvalue weighted by atomic mass is 10.3. The Balaban J connectivity index is 2.44. The zero-order valence-corrected chi connectivity index (χ0v) is 14.7. The summed E-state index contributed by atoms with van der Waals surface area (Å²) >= 11 is 5.71. The average molecular weight is 400 g/mol. The summed E-state index contributed by atoms with van der Waals surface area (Å²) in [6.45, 7) is 1.96. The lowest BCUT2D eigenvalue weighted by Gasteiger charge is -2.25.